The van der Waals surface area contributed by atoms with Crippen LogP contribution >= 0.6 is 34.2 Å². The molecule has 1 atom stereocenters. The lowest BCUT2D eigenvalue weighted by molar-refractivity contribution is 0.553. The van der Waals surface area contributed by atoms with E-state index in [1.807, 2.05) is 25.1 Å². The van der Waals surface area contributed by atoms with Gasteiger partial charge in [-0.1, -0.05) is 24.3 Å². The number of alkyl halides is 1. The van der Waals surface area contributed by atoms with Gasteiger partial charge in [-0.05, 0) is 59.2 Å². The molecule has 0 aliphatic rings. The van der Waals surface area contributed by atoms with Gasteiger partial charge in [0.2, 0.25) is 0 Å². The second kappa shape index (κ2) is 6.18. The average Bonchev–Trinajstić information content (AvgIpc) is 2.37. The first-order valence-electron chi connectivity index (χ1n) is 5.82. The monoisotopic (exact) mass is 392 g/mol. The third kappa shape index (κ3) is 3.26. The van der Waals surface area contributed by atoms with Crippen molar-refractivity contribution in [1.82, 2.24) is 0 Å². The summed E-state index contributed by atoms with van der Waals surface area (Å²) in [5.74, 6) is -1.10. The fraction of sp³-hybridized carbons (Fsp3) is 0.200. The number of hydrogen-bond acceptors (Lipinski definition) is 0. The Balaban J connectivity index is 2.31. The van der Waals surface area contributed by atoms with Gasteiger partial charge < -0.3 is 0 Å². The van der Waals surface area contributed by atoms with E-state index in [0.29, 0.717) is 0 Å². The first kappa shape index (κ1) is 14.7. The molecule has 100 valence electrons. The Labute approximate surface area is 129 Å². The molecule has 2 aromatic rings. The predicted molar refractivity (Wildman–Crippen MR) is 82.6 cm³/mol. The largest absolute Gasteiger partial charge is 0.207 e. The van der Waals surface area contributed by atoms with Gasteiger partial charge >= 0.3 is 0 Å². The lowest BCUT2D eigenvalue weighted by atomic mass is 10.0. The molecule has 0 spiro atoms. The number of rotatable bonds is 3. The molecule has 0 fully saturated rings. The van der Waals surface area contributed by atoms with Gasteiger partial charge in [0.05, 0.1) is 5.38 Å². The van der Waals surface area contributed by atoms with Gasteiger partial charge in [-0.3, -0.25) is 0 Å². The highest BCUT2D eigenvalue weighted by atomic mass is 127. The second-order valence-corrected chi connectivity index (χ2v) is 5.96. The fourth-order valence-corrected chi connectivity index (χ4v) is 3.18. The molecule has 4 heteroatoms. The Morgan fingerprint density at radius 1 is 1.11 bits per heavy atom. The molecule has 0 aliphatic carbocycles. The Morgan fingerprint density at radius 3 is 2.32 bits per heavy atom. The summed E-state index contributed by atoms with van der Waals surface area (Å²) in [7, 11) is 0. The molecule has 2 aromatic carbocycles. The quantitative estimate of drug-likeness (QED) is 0.485. The van der Waals surface area contributed by atoms with E-state index in [2.05, 4.69) is 22.6 Å². The van der Waals surface area contributed by atoms with Crippen molar-refractivity contribution in [2.24, 2.45) is 0 Å². The maximum absolute atomic E-state index is 13.6. The first-order valence-corrected chi connectivity index (χ1v) is 7.34. The number of aryl methyl sites for hydroxylation is 1. The Kier molecular flexibility index (Phi) is 4.79. The van der Waals surface area contributed by atoms with Crippen molar-refractivity contribution in [3.8, 4) is 0 Å². The van der Waals surface area contributed by atoms with Crippen molar-refractivity contribution in [3.05, 3.63) is 68.3 Å². The molecule has 0 saturated heterocycles. The molecule has 19 heavy (non-hydrogen) atoms. The van der Waals surface area contributed by atoms with E-state index in [0.717, 1.165) is 14.7 Å². The maximum Gasteiger partial charge on any atom is 0.129 e. The molecular formula is C15H12ClF2I. The van der Waals surface area contributed by atoms with Crippen molar-refractivity contribution >= 4 is 34.2 Å². The van der Waals surface area contributed by atoms with Crippen LogP contribution in [-0.2, 0) is 6.42 Å². The molecule has 1 unspecified atom stereocenters. The van der Waals surface area contributed by atoms with Crippen LogP contribution in [0, 0.1) is 22.1 Å². The molecule has 0 aliphatic heterocycles. The Hall–Kier alpha value is -0.680. The van der Waals surface area contributed by atoms with E-state index in [1.54, 1.807) is 0 Å². The average molecular weight is 393 g/mol. The van der Waals surface area contributed by atoms with Crippen LogP contribution in [0.15, 0.2) is 36.4 Å². The highest BCUT2D eigenvalue weighted by Gasteiger charge is 2.17. The number of benzene rings is 2. The Bertz CT molecular complexity index is 578. The molecule has 2 rings (SSSR count). The summed E-state index contributed by atoms with van der Waals surface area (Å²) < 4.78 is 28.3. The van der Waals surface area contributed by atoms with Crippen LogP contribution in [0.4, 0.5) is 8.78 Å². The zero-order valence-corrected chi connectivity index (χ0v) is 13.2. The number of halogens is 4. The minimum Gasteiger partial charge on any atom is -0.207 e. The van der Waals surface area contributed by atoms with Gasteiger partial charge in [0.15, 0.2) is 0 Å². The third-order valence-electron chi connectivity index (χ3n) is 3.00. The van der Waals surface area contributed by atoms with Gasteiger partial charge in [-0.25, -0.2) is 8.78 Å². The van der Waals surface area contributed by atoms with E-state index in [9.17, 15) is 8.78 Å². The van der Waals surface area contributed by atoms with Crippen molar-refractivity contribution in [1.29, 1.82) is 0 Å². The zero-order chi connectivity index (χ0) is 14.0. The van der Waals surface area contributed by atoms with Crippen LogP contribution in [0.1, 0.15) is 22.1 Å². The molecule has 0 saturated carbocycles. The molecule has 0 aromatic heterocycles. The lowest BCUT2D eigenvalue weighted by Crippen LogP contribution is -2.03. The first-order chi connectivity index (χ1) is 9.00. The van der Waals surface area contributed by atoms with Crippen LogP contribution in [0.25, 0.3) is 0 Å². The van der Waals surface area contributed by atoms with E-state index in [4.69, 9.17) is 11.6 Å². The van der Waals surface area contributed by atoms with Crippen LogP contribution in [0.5, 0.6) is 0 Å². The van der Waals surface area contributed by atoms with Gasteiger partial charge in [-0.15, -0.1) is 11.6 Å². The molecule has 0 N–H and O–H groups in total. The minimum atomic E-state index is -0.548. The minimum absolute atomic E-state index is 0.0415. The summed E-state index contributed by atoms with van der Waals surface area (Å²) in [4.78, 5) is 0. The predicted octanol–water partition coefficient (Wildman–Crippen LogP) is 5.40. The summed E-state index contributed by atoms with van der Waals surface area (Å²) in [5, 5.41) is -0.446. The third-order valence-corrected chi connectivity index (χ3v) is 4.87. The zero-order valence-electron chi connectivity index (χ0n) is 10.3. The molecule has 0 amide bonds. The normalized spacial score (nSPS) is 12.5. The van der Waals surface area contributed by atoms with Crippen LogP contribution < -0.4 is 0 Å². The van der Waals surface area contributed by atoms with E-state index < -0.39 is 17.0 Å². The highest BCUT2D eigenvalue weighted by Crippen LogP contribution is 2.31. The van der Waals surface area contributed by atoms with Gasteiger partial charge in [-0.2, -0.15) is 0 Å². The molecule has 0 radical (unpaired) electrons. The SMILES string of the molecule is Cc1cccc(C(Cl)Cc2c(F)cccc2F)c1I. The maximum atomic E-state index is 13.6. The molecule has 0 bridgehead atoms. The van der Waals surface area contributed by atoms with Crippen molar-refractivity contribution in [3.63, 3.8) is 0 Å². The van der Waals surface area contributed by atoms with E-state index in [-0.39, 0.29) is 12.0 Å². The summed E-state index contributed by atoms with van der Waals surface area (Å²) >= 11 is 8.53. The molecule has 0 heterocycles. The molecular weight excluding hydrogens is 381 g/mol. The smallest absolute Gasteiger partial charge is 0.129 e. The topological polar surface area (TPSA) is 0 Å². The Morgan fingerprint density at radius 2 is 1.68 bits per heavy atom. The fourth-order valence-electron chi connectivity index (χ4n) is 1.93. The van der Waals surface area contributed by atoms with Gasteiger partial charge in [0.1, 0.15) is 11.6 Å². The second-order valence-electron chi connectivity index (χ2n) is 4.35. The van der Waals surface area contributed by atoms with Crippen molar-refractivity contribution in [2.45, 2.75) is 18.7 Å². The highest BCUT2D eigenvalue weighted by molar-refractivity contribution is 14.1. The summed E-state index contributed by atoms with van der Waals surface area (Å²) in [5.41, 5.74) is 2.06. The number of hydrogen-bond donors (Lipinski definition) is 0. The van der Waals surface area contributed by atoms with Crippen LogP contribution in [0.3, 0.4) is 0 Å². The van der Waals surface area contributed by atoms with E-state index in [1.165, 1.54) is 18.2 Å². The van der Waals surface area contributed by atoms with Crippen LogP contribution in [-0.4, -0.2) is 0 Å². The lowest BCUT2D eigenvalue weighted by Gasteiger charge is -2.14. The van der Waals surface area contributed by atoms with Gasteiger partial charge in [0.25, 0.3) is 0 Å². The molecule has 0 nitrogen and oxygen atoms in total. The summed E-state index contributed by atoms with van der Waals surface area (Å²) in [6, 6.07) is 9.64. The summed E-state index contributed by atoms with van der Waals surface area (Å²) in [6.45, 7) is 1.98. The van der Waals surface area contributed by atoms with Gasteiger partial charge in [0, 0.05) is 9.13 Å². The summed E-state index contributed by atoms with van der Waals surface area (Å²) in [6.07, 6.45) is 0.138. The standard InChI is InChI=1S/C15H12ClF2I/c1-9-4-2-5-10(15(9)19)12(16)8-11-13(17)6-3-7-14(11)18/h2-7,12H,8H2,1H3. The van der Waals surface area contributed by atoms with Crippen molar-refractivity contribution < 1.29 is 8.78 Å². The van der Waals surface area contributed by atoms with Crippen LogP contribution in [0.2, 0.25) is 0 Å². The van der Waals surface area contributed by atoms with E-state index >= 15 is 0 Å². The van der Waals surface area contributed by atoms with Crippen molar-refractivity contribution in [2.75, 3.05) is 0 Å².